The summed E-state index contributed by atoms with van der Waals surface area (Å²) in [5.74, 6) is -0.322. The van der Waals surface area contributed by atoms with E-state index < -0.39 is 28.1 Å². The van der Waals surface area contributed by atoms with Crippen LogP contribution in [0.2, 0.25) is 0 Å². The van der Waals surface area contributed by atoms with Crippen molar-refractivity contribution in [1.82, 2.24) is 9.80 Å². The third-order valence-corrected chi connectivity index (χ3v) is 10.7. The Morgan fingerprint density at radius 3 is 2.57 bits per heavy atom. The maximum Gasteiger partial charge on any atom is 0.321 e. The third-order valence-electron chi connectivity index (χ3n) is 7.89. The Labute approximate surface area is 275 Å². The lowest BCUT2D eigenvalue weighted by Crippen LogP contribution is -2.48. The van der Waals surface area contributed by atoms with Crippen LogP contribution in [-0.4, -0.2) is 86.9 Å². The Morgan fingerprint density at radius 2 is 1.87 bits per heavy atom. The second kappa shape index (κ2) is 16.3. The second-order valence-electron chi connectivity index (χ2n) is 11.7. The molecule has 0 saturated carbocycles. The smallest absolute Gasteiger partial charge is 0.321 e. The number of sulfonamides is 1. The van der Waals surface area contributed by atoms with Crippen molar-refractivity contribution in [3.05, 3.63) is 71.6 Å². The molecule has 4 rings (SSSR count). The summed E-state index contributed by atoms with van der Waals surface area (Å²) < 4.78 is 41.2. The van der Waals surface area contributed by atoms with Crippen molar-refractivity contribution in [2.75, 3.05) is 43.4 Å². The number of carbonyl (C=O) groups is 2. The van der Waals surface area contributed by atoms with Gasteiger partial charge in [-0.05, 0) is 74.9 Å². The zero-order valence-electron chi connectivity index (χ0n) is 26.7. The molecule has 1 aliphatic heterocycles. The zero-order valence-corrected chi connectivity index (χ0v) is 28.4. The number of rotatable bonds is 8. The number of amides is 3. The summed E-state index contributed by atoms with van der Waals surface area (Å²) in [5.41, 5.74) is 1.08. The van der Waals surface area contributed by atoms with Crippen molar-refractivity contribution in [1.29, 1.82) is 0 Å². The molecule has 3 N–H and O–H groups in total. The molecule has 11 nitrogen and oxygen atoms in total. The minimum atomic E-state index is -3.85. The molecule has 46 heavy (non-hydrogen) atoms. The molecule has 0 aliphatic carbocycles. The van der Waals surface area contributed by atoms with E-state index in [1.807, 2.05) is 44.2 Å². The summed E-state index contributed by atoms with van der Waals surface area (Å²) in [6.07, 6.45) is 1.67. The van der Waals surface area contributed by atoms with Gasteiger partial charge in [0.1, 0.15) is 9.96 Å². The third kappa shape index (κ3) is 9.44. The number of likely N-dealkylation sites (N-methyl/N-ethyl adjacent to an activating group) is 1. The monoisotopic (exact) mass is 672 g/mol. The van der Waals surface area contributed by atoms with Gasteiger partial charge in [0.15, 0.2) is 0 Å². The molecule has 13 heteroatoms. The Kier molecular flexibility index (Phi) is 12.4. The van der Waals surface area contributed by atoms with Gasteiger partial charge in [-0.3, -0.25) is 9.52 Å². The van der Waals surface area contributed by atoms with E-state index in [-0.39, 0.29) is 53.2 Å². The number of nitrogens with zero attached hydrogens (tertiary/aromatic N) is 2. The number of aliphatic hydroxyl groups excluding tert-OH is 1. The van der Waals surface area contributed by atoms with Gasteiger partial charge in [-0.1, -0.05) is 31.2 Å². The van der Waals surface area contributed by atoms with Crippen LogP contribution in [0.25, 0.3) is 0 Å². The molecular formula is C33H44N4O7S2. The summed E-state index contributed by atoms with van der Waals surface area (Å²) in [7, 11) is -2.15. The number of anilines is 2. The number of ether oxygens (including phenoxy) is 2. The molecule has 0 bridgehead atoms. The molecule has 2 heterocycles. The van der Waals surface area contributed by atoms with Crippen molar-refractivity contribution in [3.8, 4) is 5.75 Å². The van der Waals surface area contributed by atoms with Gasteiger partial charge in [-0.25, -0.2) is 13.2 Å². The second-order valence-corrected chi connectivity index (χ2v) is 14.6. The van der Waals surface area contributed by atoms with Gasteiger partial charge in [-0.2, -0.15) is 0 Å². The molecule has 2 aromatic carbocycles. The number of aliphatic hydroxyl groups is 1. The van der Waals surface area contributed by atoms with Gasteiger partial charge in [-0.15, -0.1) is 11.3 Å². The van der Waals surface area contributed by atoms with E-state index in [1.54, 1.807) is 47.4 Å². The maximum atomic E-state index is 14.3. The van der Waals surface area contributed by atoms with E-state index in [2.05, 4.69) is 10.0 Å². The zero-order chi connectivity index (χ0) is 33.3. The van der Waals surface area contributed by atoms with Crippen molar-refractivity contribution in [3.63, 3.8) is 0 Å². The highest BCUT2D eigenvalue weighted by Crippen LogP contribution is 2.30. The fourth-order valence-electron chi connectivity index (χ4n) is 5.16. The van der Waals surface area contributed by atoms with E-state index >= 15 is 0 Å². The molecule has 3 aromatic rings. The van der Waals surface area contributed by atoms with Gasteiger partial charge >= 0.3 is 6.03 Å². The van der Waals surface area contributed by atoms with Crippen molar-refractivity contribution in [2.45, 2.75) is 62.5 Å². The molecule has 0 fully saturated rings. The fraction of sp³-hybridized carbons (Fsp3) is 0.455. The highest BCUT2D eigenvalue weighted by atomic mass is 32.2. The average Bonchev–Trinajstić information content (AvgIpc) is 3.59. The number of benzene rings is 2. The molecule has 250 valence electrons. The number of hydrogen-bond acceptors (Lipinski definition) is 8. The number of carbonyl (C=O) groups excluding carboxylic acids is 2. The van der Waals surface area contributed by atoms with Crippen LogP contribution in [0.3, 0.4) is 0 Å². The van der Waals surface area contributed by atoms with E-state index in [0.717, 1.165) is 24.2 Å². The largest absolute Gasteiger partial charge is 0.490 e. The Morgan fingerprint density at radius 1 is 1.11 bits per heavy atom. The summed E-state index contributed by atoms with van der Waals surface area (Å²) >= 11 is 1.09. The van der Waals surface area contributed by atoms with E-state index in [9.17, 15) is 23.1 Å². The first-order valence-corrected chi connectivity index (χ1v) is 17.8. The topological polar surface area (TPSA) is 138 Å². The quantitative estimate of drug-likeness (QED) is 0.287. The lowest BCUT2D eigenvalue weighted by atomic mass is 10.0. The Balaban J connectivity index is 1.62. The Hall–Kier alpha value is -3.65. The van der Waals surface area contributed by atoms with Crippen LogP contribution in [-0.2, 0) is 14.8 Å². The van der Waals surface area contributed by atoms with Gasteiger partial charge in [0.2, 0.25) is 0 Å². The molecular weight excluding hydrogens is 629 g/mol. The summed E-state index contributed by atoms with van der Waals surface area (Å²) in [5, 5.41) is 14.7. The highest BCUT2D eigenvalue weighted by molar-refractivity contribution is 7.94. The van der Waals surface area contributed by atoms with Crippen molar-refractivity contribution >= 4 is 44.7 Å². The lowest BCUT2D eigenvalue weighted by molar-refractivity contribution is -0.0115. The number of nitrogens with one attached hydrogen (secondary N) is 2. The van der Waals surface area contributed by atoms with Gasteiger partial charge in [0, 0.05) is 44.0 Å². The van der Waals surface area contributed by atoms with E-state index in [0.29, 0.717) is 24.5 Å². The summed E-state index contributed by atoms with van der Waals surface area (Å²) in [6.45, 7) is 6.29. The normalized spacial score (nSPS) is 20.5. The van der Waals surface area contributed by atoms with Gasteiger partial charge in [0.25, 0.3) is 15.9 Å². The maximum absolute atomic E-state index is 14.3. The summed E-state index contributed by atoms with van der Waals surface area (Å²) in [6, 6.07) is 16.2. The first kappa shape index (κ1) is 35.2. The number of urea groups is 1. The number of thiophene rings is 1. The standard InChI is InChI=1S/C33H44N4O7S2/c1-23-20-37(24(2)22-38)32(39)28-19-27(35-46(41,42)31-14-10-18-45-31)15-16-29(28)44-25(3)11-8-9-17-43-30(23)21-36(4)33(40)34-26-12-6-5-7-13-26/h5-7,10,12-16,18-19,23-25,30,35,38H,8-9,11,17,20-22H2,1-4H3,(H,34,40)/t23-,24+,25+,30-/m0/s1. The van der Waals surface area contributed by atoms with Gasteiger partial charge < -0.3 is 29.7 Å². The highest BCUT2D eigenvalue weighted by Gasteiger charge is 2.31. The molecule has 0 radical (unpaired) electrons. The van der Waals surface area contributed by atoms with E-state index in [1.165, 1.54) is 12.1 Å². The predicted molar refractivity (Wildman–Crippen MR) is 180 cm³/mol. The van der Waals surface area contributed by atoms with E-state index in [4.69, 9.17) is 9.47 Å². The van der Waals surface area contributed by atoms with Crippen molar-refractivity contribution < 1.29 is 32.6 Å². The number of para-hydroxylation sites is 1. The van der Waals surface area contributed by atoms with Gasteiger partial charge in [0.05, 0.1) is 30.4 Å². The molecule has 0 saturated heterocycles. The van der Waals surface area contributed by atoms with Crippen LogP contribution >= 0.6 is 11.3 Å². The lowest BCUT2D eigenvalue weighted by Gasteiger charge is -2.35. The predicted octanol–water partition coefficient (Wildman–Crippen LogP) is 5.51. The fourth-order valence-corrected chi connectivity index (χ4v) is 7.21. The van der Waals surface area contributed by atoms with Crippen LogP contribution in [0.1, 0.15) is 50.4 Å². The van der Waals surface area contributed by atoms with Crippen LogP contribution < -0.4 is 14.8 Å². The van der Waals surface area contributed by atoms with Crippen molar-refractivity contribution in [2.24, 2.45) is 5.92 Å². The molecule has 3 amide bonds. The molecule has 0 unspecified atom stereocenters. The van der Waals surface area contributed by atoms with Crippen LogP contribution in [0.5, 0.6) is 5.75 Å². The van der Waals surface area contributed by atoms with Crippen LogP contribution in [0.15, 0.2) is 70.3 Å². The first-order valence-electron chi connectivity index (χ1n) is 15.5. The minimum absolute atomic E-state index is 0.154. The van der Waals surface area contributed by atoms with Crippen LogP contribution in [0, 0.1) is 5.92 Å². The number of fused-ring (bicyclic) bond motifs is 1. The molecule has 1 aromatic heterocycles. The average molecular weight is 673 g/mol. The molecule has 4 atom stereocenters. The van der Waals surface area contributed by atoms with Crippen LogP contribution in [0.4, 0.5) is 16.2 Å². The first-order chi connectivity index (χ1) is 22.0. The molecule has 0 spiro atoms. The minimum Gasteiger partial charge on any atom is -0.490 e. The molecule has 1 aliphatic rings. The Bertz CT molecular complexity index is 1540. The number of hydrogen-bond donors (Lipinski definition) is 3. The SMILES string of the molecule is C[C@@H]1CCCCO[C@@H](CN(C)C(=O)Nc2ccccc2)[C@@H](C)CN([C@H](C)CO)C(=O)c2cc(NS(=O)(=O)c3cccs3)ccc2O1. The summed E-state index contributed by atoms with van der Waals surface area (Å²) in [4.78, 5) is 30.4.